The lowest BCUT2D eigenvalue weighted by molar-refractivity contribution is -0.114. The quantitative estimate of drug-likeness (QED) is 0.514. The molecule has 0 fully saturated rings. The van der Waals surface area contributed by atoms with E-state index in [1.54, 1.807) is 55.6 Å². The summed E-state index contributed by atoms with van der Waals surface area (Å²) in [4.78, 5) is 26.6. The summed E-state index contributed by atoms with van der Waals surface area (Å²) in [5, 5.41) is 8.74. The van der Waals surface area contributed by atoms with Crippen LogP contribution in [0.3, 0.4) is 0 Å². The third-order valence-electron chi connectivity index (χ3n) is 4.62. The summed E-state index contributed by atoms with van der Waals surface area (Å²) >= 11 is 0. The Morgan fingerprint density at radius 2 is 1.32 bits per heavy atom. The van der Waals surface area contributed by atoms with Crippen LogP contribution in [0.4, 0.5) is 22.7 Å². The molecule has 0 spiro atoms. The monoisotopic (exact) mass is 418 g/mol. The standard InChI is InChI=1S/C24H26N4O3/c1-28(2)21-12-8-19(9-13-21)26-23(29)16-25-18-6-4-17(5-7-18)24(30)27-20-10-14-22(31-3)15-11-20/h4-15,25H,16H2,1-3H3,(H,26,29)(H,27,30). The second-order valence-corrected chi connectivity index (χ2v) is 7.10. The molecule has 0 atom stereocenters. The highest BCUT2D eigenvalue weighted by atomic mass is 16.5. The maximum absolute atomic E-state index is 12.4. The lowest BCUT2D eigenvalue weighted by atomic mass is 10.2. The Morgan fingerprint density at radius 3 is 1.90 bits per heavy atom. The average molecular weight is 418 g/mol. The van der Waals surface area contributed by atoms with Crippen LogP contribution in [0.15, 0.2) is 72.8 Å². The number of benzene rings is 3. The van der Waals surface area contributed by atoms with E-state index in [4.69, 9.17) is 4.74 Å². The van der Waals surface area contributed by atoms with E-state index in [2.05, 4.69) is 16.0 Å². The minimum Gasteiger partial charge on any atom is -0.497 e. The van der Waals surface area contributed by atoms with Crippen molar-refractivity contribution in [1.82, 2.24) is 0 Å². The van der Waals surface area contributed by atoms with E-state index in [0.717, 1.165) is 22.8 Å². The summed E-state index contributed by atoms with van der Waals surface area (Å²) in [5.74, 6) is 0.359. The number of amides is 2. The predicted octanol–water partition coefficient (Wildman–Crippen LogP) is 4.06. The molecule has 31 heavy (non-hydrogen) atoms. The van der Waals surface area contributed by atoms with E-state index in [1.165, 1.54) is 0 Å². The molecule has 0 aliphatic carbocycles. The van der Waals surface area contributed by atoms with Crippen LogP contribution in [0.2, 0.25) is 0 Å². The van der Waals surface area contributed by atoms with Crippen LogP contribution in [0.25, 0.3) is 0 Å². The topological polar surface area (TPSA) is 82.7 Å². The van der Waals surface area contributed by atoms with E-state index in [0.29, 0.717) is 11.3 Å². The molecule has 0 bridgehead atoms. The number of nitrogens with one attached hydrogen (secondary N) is 3. The van der Waals surface area contributed by atoms with E-state index in [9.17, 15) is 9.59 Å². The highest BCUT2D eigenvalue weighted by Gasteiger charge is 2.07. The van der Waals surface area contributed by atoms with Gasteiger partial charge >= 0.3 is 0 Å². The molecule has 3 aromatic carbocycles. The smallest absolute Gasteiger partial charge is 0.255 e. The lowest BCUT2D eigenvalue weighted by Crippen LogP contribution is -2.21. The minimum atomic E-state index is -0.212. The predicted molar refractivity (Wildman–Crippen MR) is 125 cm³/mol. The minimum absolute atomic E-state index is 0.118. The number of hydrogen-bond acceptors (Lipinski definition) is 5. The van der Waals surface area contributed by atoms with Gasteiger partial charge in [-0.1, -0.05) is 0 Å². The summed E-state index contributed by atoms with van der Waals surface area (Å²) in [6.45, 7) is 0.118. The van der Waals surface area contributed by atoms with Crippen molar-refractivity contribution in [3.63, 3.8) is 0 Å². The Kier molecular flexibility index (Phi) is 7.11. The zero-order valence-electron chi connectivity index (χ0n) is 17.8. The van der Waals surface area contributed by atoms with Crippen LogP contribution >= 0.6 is 0 Å². The van der Waals surface area contributed by atoms with E-state index in [-0.39, 0.29) is 18.4 Å². The molecule has 0 heterocycles. The van der Waals surface area contributed by atoms with Crippen LogP contribution in [0, 0.1) is 0 Å². The maximum Gasteiger partial charge on any atom is 0.255 e. The number of carbonyl (C=O) groups is 2. The molecule has 3 rings (SSSR count). The molecule has 0 radical (unpaired) electrons. The van der Waals surface area contributed by atoms with E-state index >= 15 is 0 Å². The molecule has 0 unspecified atom stereocenters. The number of carbonyl (C=O) groups excluding carboxylic acids is 2. The third-order valence-corrected chi connectivity index (χ3v) is 4.62. The first-order chi connectivity index (χ1) is 14.9. The lowest BCUT2D eigenvalue weighted by Gasteiger charge is -2.13. The number of rotatable bonds is 8. The van der Waals surface area contributed by atoms with Gasteiger partial charge in [0, 0.05) is 42.4 Å². The second kappa shape index (κ2) is 10.2. The summed E-state index contributed by atoms with van der Waals surface area (Å²) in [6.07, 6.45) is 0. The molecule has 0 aromatic heterocycles. The number of anilines is 4. The summed E-state index contributed by atoms with van der Waals surface area (Å²) in [7, 11) is 5.52. The molecule has 0 aliphatic rings. The number of methoxy groups -OCH3 is 1. The molecule has 2 amide bonds. The first-order valence-corrected chi connectivity index (χ1v) is 9.81. The molecule has 7 heteroatoms. The van der Waals surface area contributed by atoms with Gasteiger partial charge in [-0.15, -0.1) is 0 Å². The van der Waals surface area contributed by atoms with Crippen LogP contribution in [0.1, 0.15) is 10.4 Å². The SMILES string of the molecule is COc1ccc(NC(=O)c2ccc(NCC(=O)Nc3ccc(N(C)C)cc3)cc2)cc1. The number of hydrogen-bond donors (Lipinski definition) is 3. The van der Waals surface area contributed by atoms with Crippen molar-refractivity contribution in [3.05, 3.63) is 78.4 Å². The first-order valence-electron chi connectivity index (χ1n) is 9.81. The molecule has 3 aromatic rings. The van der Waals surface area contributed by atoms with Crippen molar-refractivity contribution >= 4 is 34.6 Å². The van der Waals surface area contributed by atoms with Gasteiger partial charge in [-0.3, -0.25) is 9.59 Å². The zero-order valence-corrected chi connectivity index (χ0v) is 17.8. The van der Waals surface area contributed by atoms with Crippen molar-refractivity contribution in [1.29, 1.82) is 0 Å². The Bertz CT molecular complexity index is 1010. The molecule has 3 N–H and O–H groups in total. The molecule has 0 saturated carbocycles. The molecule has 160 valence electrons. The summed E-state index contributed by atoms with van der Waals surface area (Å²) in [6, 6.07) is 21.7. The normalized spacial score (nSPS) is 10.2. The van der Waals surface area contributed by atoms with Crippen molar-refractivity contribution in [2.75, 3.05) is 48.6 Å². The highest BCUT2D eigenvalue weighted by molar-refractivity contribution is 6.04. The van der Waals surface area contributed by atoms with Gasteiger partial charge in [0.25, 0.3) is 5.91 Å². The van der Waals surface area contributed by atoms with Crippen LogP contribution in [0.5, 0.6) is 5.75 Å². The fourth-order valence-corrected chi connectivity index (χ4v) is 2.85. The highest BCUT2D eigenvalue weighted by Crippen LogP contribution is 2.17. The maximum atomic E-state index is 12.4. The number of nitrogens with zero attached hydrogens (tertiary/aromatic N) is 1. The molecule has 7 nitrogen and oxygen atoms in total. The van der Waals surface area contributed by atoms with Gasteiger partial charge in [0.1, 0.15) is 5.75 Å². The van der Waals surface area contributed by atoms with Gasteiger partial charge in [0.05, 0.1) is 13.7 Å². The van der Waals surface area contributed by atoms with E-state index < -0.39 is 0 Å². The summed E-state index contributed by atoms with van der Waals surface area (Å²) in [5.41, 5.74) is 3.75. The Labute approximate surface area is 182 Å². The third kappa shape index (κ3) is 6.24. The molecule has 0 aliphatic heterocycles. The van der Waals surface area contributed by atoms with Crippen LogP contribution in [-0.2, 0) is 4.79 Å². The Hall–Kier alpha value is -4.00. The van der Waals surface area contributed by atoms with Gasteiger partial charge in [0.15, 0.2) is 0 Å². The average Bonchev–Trinajstić information content (AvgIpc) is 2.79. The molecular formula is C24H26N4O3. The zero-order chi connectivity index (χ0) is 22.2. The van der Waals surface area contributed by atoms with Crippen molar-refractivity contribution < 1.29 is 14.3 Å². The Balaban J connectivity index is 1.49. The molecular weight excluding hydrogens is 392 g/mol. The number of ether oxygens (including phenoxy) is 1. The second-order valence-electron chi connectivity index (χ2n) is 7.10. The van der Waals surface area contributed by atoms with Crippen molar-refractivity contribution in [2.24, 2.45) is 0 Å². The Morgan fingerprint density at radius 1 is 0.774 bits per heavy atom. The van der Waals surface area contributed by atoms with Gasteiger partial charge in [-0.25, -0.2) is 0 Å². The van der Waals surface area contributed by atoms with Gasteiger partial charge in [-0.2, -0.15) is 0 Å². The van der Waals surface area contributed by atoms with Gasteiger partial charge < -0.3 is 25.6 Å². The fourth-order valence-electron chi connectivity index (χ4n) is 2.85. The van der Waals surface area contributed by atoms with Gasteiger partial charge in [0.2, 0.25) is 5.91 Å². The van der Waals surface area contributed by atoms with Crippen LogP contribution in [-0.4, -0.2) is 39.6 Å². The van der Waals surface area contributed by atoms with E-state index in [1.807, 2.05) is 43.3 Å². The van der Waals surface area contributed by atoms with Crippen molar-refractivity contribution in [3.8, 4) is 5.75 Å². The fraction of sp³-hybridized carbons (Fsp3) is 0.167. The molecule has 0 saturated heterocycles. The summed E-state index contributed by atoms with van der Waals surface area (Å²) < 4.78 is 5.11. The first kappa shape index (κ1) is 21.7. The van der Waals surface area contributed by atoms with Crippen LogP contribution < -0.4 is 25.6 Å². The largest absolute Gasteiger partial charge is 0.497 e. The van der Waals surface area contributed by atoms with Crippen molar-refractivity contribution in [2.45, 2.75) is 0 Å². The van der Waals surface area contributed by atoms with Gasteiger partial charge in [-0.05, 0) is 72.8 Å².